The van der Waals surface area contributed by atoms with E-state index in [9.17, 15) is 17.6 Å². The van der Waals surface area contributed by atoms with E-state index in [0.29, 0.717) is 39.1 Å². The molecular weight excluding hydrogens is 583 g/mol. The Labute approximate surface area is 253 Å². The molecule has 0 aliphatic carbocycles. The van der Waals surface area contributed by atoms with Gasteiger partial charge >= 0.3 is 0 Å². The second kappa shape index (κ2) is 11.2. The standard InChI is InChI=1S/C33H29FN4O5S/c1-5-44(40,41)38(3)28-18-29-26(30(33(39)35-2)31(43-29)19-8-10-23(34)11-9-19)17-25(28)21-13-22(15-24(14-21)42-4)27-16-20-7-6-12-36-32(20)37-27/h6-18H,5H2,1-4H3,(H,35,39)(H,36,37). The van der Waals surface area contributed by atoms with Crippen LogP contribution >= 0.6 is 0 Å². The number of aromatic nitrogens is 2. The Bertz CT molecular complexity index is 2120. The van der Waals surface area contributed by atoms with Gasteiger partial charge in [0, 0.05) is 59.5 Å². The average molecular weight is 613 g/mol. The second-order valence-electron chi connectivity index (χ2n) is 10.2. The molecule has 0 radical (unpaired) electrons. The van der Waals surface area contributed by atoms with Gasteiger partial charge in [0.05, 0.1) is 24.1 Å². The molecule has 11 heteroatoms. The number of sulfonamides is 1. The van der Waals surface area contributed by atoms with Gasteiger partial charge in [-0.1, -0.05) is 0 Å². The predicted octanol–water partition coefficient (Wildman–Crippen LogP) is 6.60. The molecule has 0 atom stereocenters. The zero-order valence-corrected chi connectivity index (χ0v) is 25.3. The Hall–Kier alpha value is -5.16. The van der Waals surface area contributed by atoms with Crippen molar-refractivity contribution < 1.29 is 26.8 Å². The zero-order valence-electron chi connectivity index (χ0n) is 24.4. The van der Waals surface area contributed by atoms with Gasteiger partial charge in [0.25, 0.3) is 5.91 Å². The van der Waals surface area contributed by atoms with Crippen LogP contribution in [0.4, 0.5) is 10.1 Å². The highest BCUT2D eigenvalue weighted by molar-refractivity contribution is 7.92. The quantitative estimate of drug-likeness (QED) is 0.200. The van der Waals surface area contributed by atoms with E-state index in [1.807, 2.05) is 36.4 Å². The number of H-pyrrole nitrogens is 1. The molecule has 0 spiro atoms. The molecule has 44 heavy (non-hydrogen) atoms. The van der Waals surface area contributed by atoms with Gasteiger partial charge in [-0.3, -0.25) is 9.10 Å². The van der Waals surface area contributed by atoms with Crippen molar-refractivity contribution in [3.63, 3.8) is 0 Å². The third-order valence-electron chi connectivity index (χ3n) is 7.64. The summed E-state index contributed by atoms with van der Waals surface area (Å²) in [5, 5.41) is 4.06. The van der Waals surface area contributed by atoms with Crippen molar-refractivity contribution in [1.82, 2.24) is 15.3 Å². The number of methoxy groups -OCH3 is 1. The highest BCUT2D eigenvalue weighted by Gasteiger charge is 2.27. The van der Waals surface area contributed by atoms with Gasteiger partial charge in [0.2, 0.25) is 10.0 Å². The summed E-state index contributed by atoms with van der Waals surface area (Å²) in [7, 11) is 0.849. The van der Waals surface area contributed by atoms with Gasteiger partial charge in [-0.15, -0.1) is 0 Å². The Kier molecular flexibility index (Phi) is 7.34. The summed E-state index contributed by atoms with van der Waals surface area (Å²) in [6.45, 7) is 1.57. The summed E-state index contributed by atoms with van der Waals surface area (Å²) < 4.78 is 53.2. The molecule has 0 bridgehead atoms. The third-order valence-corrected chi connectivity index (χ3v) is 9.41. The number of amides is 1. The van der Waals surface area contributed by atoms with Crippen LogP contribution in [0, 0.1) is 5.82 Å². The fourth-order valence-electron chi connectivity index (χ4n) is 5.26. The van der Waals surface area contributed by atoms with Gasteiger partial charge in [0.15, 0.2) is 0 Å². The number of nitrogens with zero attached hydrogens (tertiary/aromatic N) is 2. The van der Waals surface area contributed by atoms with Crippen LogP contribution < -0.4 is 14.4 Å². The molecule has 0 aliphatic heterocycles. The summed E-state index contributed by atoms with van der Waals surface area (Å²) >= 11 is 0. The number of carbonyl (C=O) groups excluding carboxylic acids is 1. The van der Waals surface area contributed by atoms with E-state index in [4.69, 9.17) is 9.15 Å². The molecule has 0 saturated carbocycles. The Morgan fingerprint density at radius 2 is 1.80 bits per heavy atom. The van der Waals surface area contributed by atoms with Crippen LogP contribution in [0.15, 0.2) is 83.4 Å². The number of rotatable bonds is 8. The molecule has 9 nitrogen and oxygen atoms in total. The summed E-state index contributed by atoms with van der Waals surface area (Å²) in [4.78, 5) is 21.0. The van der Waals surface area contributed by atoms with Gasteiger partial charge < -0.3 is 19.5 Å². The van der Waals surface area contributed by atoms with Crippen molar-refractivity contribution in [3.8, 4) is 39.5 Å². The normalized spacial score (nSPS) is 11.7. The molecule has 0 aliphatic rings. The first-order valence-corrected chi connectivity index (χ1v) is 15.4. The predicted molar refractivity (Wildman–Crippen MR) is 170 cm³/mol. The topological polar surface area (TPSA) is 118 Å². The molecular formula is C33H29FN4O5S. The highest BCUT2D eigenvalue weighted by atomic mass is 32.2. The van der Waals surface area contributed by atoms with Crippen LogP contribution in [-0.4, -0.2) is 51.3 Å². The van der Waals surface area contributed by atoms with Crippen LogP contribution in [0.2, 0.25) is 0 Å². The van der Waals surface area contributed by atoms with Crippen molar-refractivity contribution in [2.75, 3.05) is 31.3 Å². The number of nitrogens with one attached hydrogen (secondary N) is 2. The summed E-state index contributed by atoms with van der Waals surface area (Å²) in [6, 6.07) is 20.4. The third kappa shape index (κ3) is 5.05. The average Bonchev–Trinajstić information content (AvgIpc) is 3.65. The maximum absolute atomic E-state index is 13.7. The first-order valence-electron chi connectivity index (χ1n) is 13.8. The SMILES string of the molecule is CCS(=O)(=O)N(C)c1cc2oc(-c3ccc(F)cc3)c(C(=O)NC)c2cc1-c1cc(OC)cc(-c2cc3cccnc3[nH]2)c1. The number of hydrogen-bond acceptors (Lipinski definition) is 6. The van der Waals surface area contributed by atoms with Gasteiger partial charge in [-0.25, -0.2) is 17.8 Å². The fourth-order valence-corrected chi connectivity index (χ4v) is 6.10. The minimum Gasteiger partial charge on any atom is -0.497 e. The number of anilines is 1. The van der Waals surface area contributed by atoms with Gasteiger partial charge in [0.1, 0.15) is 28.6 Å². The number of furan rings is 1. The highest BCUT2D eigenvalue weighted by Crippen LogP contribution is 2.43. The number of carbonyl (C=O) groups is 1. The van der Waals surface area contributed by atoms with Gasteiger partial charge in [-0.05, 0) is 79.2 Å². The molecule has 6 rings (SSSR count). The van der Waals surface area contributed by atoms with Crippen molar-refractivity contribution >= 4 is 43.6 Å². The Morgan fingerprint density at radius 3 is 2.48 bits per heavy atom. The van der Waals surface area contributed by atoms with E-state index in [0.717, 1.165) is 22.3 Å². The van der Waals surface area contributed by atoms with E-state index in [2.05, 4.69) is 15.3 Å². The number of benzene rings is 3. The first-order chi connectivity index (χ1) is 21.1. The smallest absolute Gasteiger partial charge is 0.255 e. The minimum atomic E-state index is -3.70. The minimum absolute atomic E-state index is 0.130. The maximum Gasteiger partial charge on any atom is 0.255 e. The zero-order chi connectivity index (χ0) is 31.2. The Morgan fingerprint density at radius 1 is 1.05 bits per heavy atom. The molecule has 3 aromatic heterocycles. The molecule has 2 N–H and O–H groups in total. The van der Waals surface area contributed by atoms with Crippen LogP contribution in [0.5, 0.6) is 5.75 Å². The van der Waals surface area contributed by atoms with E-state index >= 15 is 0 Å². The van der Waals surface area contributed by atoms with Crippen LogP contribution in [0.1, 0.15) is 17.3 Å². The molecule has 0 fully saturated rings. The van der Waals surface area contributed by atoms with Crippen molar-refractivity contribution in [3.05, 3.63) is 90.4 Å². The number of aromatic amines is 1. The molecule has 224 valence electrons. The van der Waals surface area contributed by atoms with Crippen LogP contribution in [-0.2, 0) is 10.0 Å². The largest absolute Gasteiger partial charge is 0.497 e. The van der Waals surface area contributed by atoms with E-state index < -0.39 is 21.7 Å². The Balaban J connectivity index is 1.65. The number of fused-ring (bicyclic) bond motifs is 2. The lowest BCUT2D eigenvalue weighted by molar-refractivity contribution is 0.0964. The van der Waals surface area contributed by atoms with Crippen molar-refractivity contribution in [2.45, 2.75) is 6.92 Å². The molecule has 3 heterocycles. The molecule has 0 unspecified atom stereocenters. The maximum atomic E-state index is 13.7. The monoisotopic (exact) mass is 612 g/mol. The number of halogens is 1. The number of pyridine rings is 1. The van der Waals surface area contributed by atoms with Gasteiger partial charge in [-0.2, -0.15) is 0 Å². The number of hydrogen-bond donors (Lipinski definition) is 2. The summed E-state index contributed by atoms with van der Waals surface area (Å²) in [6.07, 6.45) is 1.71. The fraction of sp³-hybridized carbons (Fsp3) is 0.152. The number of ether oxygens (including phenoxy) is 1. The van der Waals surface area contributed by atoms with E-state index in [1.54, 1.807) is 32.4 Å². The first kappa shape index (κ1) is 28.9. The lowest BCUT2D eigenvalue weighted by atomic mass is 9.96. The lowest BCUT2D eigenvalue weighted by Crippen LogP contribution is -2.28. The summed E-state index contributed by atoms with van der Waals surface area (Å²) in [5.74, 6) is -0.188. The van der Waals surface area contributed by atoms with E-state index in [-0.39, 0.29) is 17.1 Å². The summed E-state index contributed by atoms with van der Waals surface area (Å²) in [5.41, 5.74) is 4.87. The molecule has 6 aromatic rings. The van der Waals surface area contributed by atoms with Crippen LogP contribution in [0.25, 0.3) is 55.7 Å². The lowest BCUT2D eigenvalue weighted by Gasteiger charge is -2.22. The molecule has 3 aromatic carbocycles. The van der Waals surface area contributed by atoms with Crippen molar-refractivity contribution in [1.29, 1.82) is 0 Å². The second-order valence-corrected chi connectivity index (χ2v) is 12.5. The van der Waals surface area contributed by atoms with E-state index in [1.165, 1.54) is 42.7 Å². The molecule has 1 amide bonds. The van der Waals surface area contributed by atoms with Crippen molar-refractivity contribution in [2.24, 2.45) is 0 Å². The van der Waals surface area contributed by atoms with Crippen LogP contribution in [0.3, 0.4) is 0 Å². The molecule has 0 saturated heterocycles.